The van der Waals surface area contributed by atoms with Gasteiger partial charge in [-0.2, -0.15) is 4.98 Å². The van der Waals surface area contributed by atoms with Crippen molar-refractivity contribution in [1.29, 1.82) is 0 Å². The lowest BCUT2D eigenvalue weighted by Crippen LogP contribution is -2.29. The lowest BCUT2D eigenvalue weighted by molar-refractivity contribution is 0.574. The zero-order chi connectivity index (χ0) is 19.1. The van der Waals surface area contributed by atoms with E-state index in [1.54, 1.807) is 31.2 Å². The Bertz CT molecular complexity index is 1190. The molecule has 138 valence electrons. The number of aromatic nitrogens is 4. The van der Waals surface area contributed by atoms with Crippen molar-refractivity contribution in [2.75, 3.05) is 5.75 Å². The van der Waals surface area contributed by atoms with Gasteiger partial charge >= 0.3 is 5.69 Å². The van der Waals surface area contributed by atoms with Crippen molar-refractivity contribution in [3.63, 3.8) is 0 Å². The zero-order valence-electron chi connectivity index (χ0n) is 14.2. The van der Waals surface area contributed by atoms with Crippen LogP contribution in [0.3, 0.4) is 0 Å². The Morgan fingerprint density at radius 3 is 2.46 bits per heavy atom. The van der Waals surface area contributed by atoms with Crippen molar-refractivity contribution in [2.24, 2.45) is 7.05 Å². The van der Waals surface area contributed by atoms with Crippen LogP contribution < -0.4 is 11.2 Å². The van der Waals surface area contributed by atoms with Crippen molar-refractivity contribution >= 4 is 32.6 Å². The zero-order valence-corrected chi connectivity index (χ0v) is 15.8. The normalized spacial score (nSPS) is 12.0. The number of nitrogens with one attached hydrogen (secondary N) is 1. The molecule has 8 nitrogen and oxygen atoms in total. The fourth-order valence-electron chi connectivity index (χ4n) is 2.73. The monoisotopic (exact) mass is 396 g/mol. The second kappa shape index (κ2) is 6.73. The molecule has 0 saturated heterocycles. The lowest BCUT2D eigenvalue weighted by atomic mass is 10.2. The number of fused-ring (bicyclic) bond motifs is 1. The molecule has 2 aromatic heterocycles. The smallest absolute Gasteiger partial charge is 0.304 e. The number of benzene rings is 1. The molecule has 0 fully saturated rings. The summed E-state index contributed by atoms with van der Waals surface area (Å²) in [6.45, 7) is 1.85. The quantitative estimate of drug-likeness (QED) is 0.699. The van der Waals surface area contributed by atoms with Crippen molar-refractivity contribution < 1.29 is 8.42 Å². The van der Waals surface area contributed by atoms with E-state index < -0.39 is 21.1 Å². The molecule has 1 N–H and O–H groups in total. The number of hydrogen-bond donors (Lipinski definition) is 1. The van der Waals surface area contributed by atoms with Gasteiger partial charge in [0.05, 0.1) is 12.3 Å². The summed E-state index contributed by atoms with van der Waals surface area (Å²) in [4.78, 5) is 30.5. The Hall–Kier alpha value is -2.39. The average Bonchev–Trinajstić information content (AvgIpc) is 2.96. The van der Waals surface area contributed by atoms with E-state index in [0.717, 1.165) is 10.1 Å². The van der Waals surface area contributed by atoms with Gasteiger partial charge in [-0.05, 0) is 24.1 Å². The lowest BCUT2D eigenvalue weighted by Gasteiger charge is -2.09. The highest BCUT2D eigenvalue weighted by Crippen LogP contribution is 2.20. The first-order chi connectivity index (χ1) is 12.2. The van der Waals surface area contributed by atoms with Crippen LogP contribution in [-0.2, 0) is 23.4 Å². The van der Waals surface area contributed by atoms with Crippen molar-refractivity contribution in [3.8, 4) is 0 Å². The van der Waals surface area contributed by atoms with E-state index in [1.165, 1.54) is 11.6 Å². The summed E-state index contributed by atoms with van der Waals surface area (Å²) in [5.74, 6) is -0.108. The third-order valence-electron chi connectivity index (χ3n) is 3.98. The molecule has 0 amide bonds. The van der Waals surface area contributed by atoms with Gasteiger partial charge in [-0.1, -0.05) is 30.7 Å². The van der Waals surface area contributed by atoms with Crippen LogP contribution >= 0.6 is 11.6 Å². The van der Waals surface area contributed by atoms with Crippen LogP contribution in [0, 0.1) is 0 Å². The van der Waals surface area contributed by atoms with Gasteiger partial charge in [0.25, 0.3) is 5.56 Å². The summed E-state index contributed by atoms with van der Waals surface area (Å²) >= 11 is 5.89. The SMILES string of the molecule is CCCS(=O)(=O)c1nc2c(c(=O)[nH]c(=O)n2C)n1Cc1ccc(Cl)cc1. The summed E-state index contributed by atoms with van der Waals surface area (Å²) in [6.07, 6.45) is 0.405. The van der Waals surface area contributed by atoms with Gasteiger partial charge < -0.3 is 4.57 Å². The van der Waals surface area contributed by atoms with Crippen LogP contribution in [0.1, 0.15) is 18.9 Å². The third kappa shape index (κ3) is 3.19. The van der Waals surface area contributed by atoms with E-state index in [2.05, 4.69) is 9.97 Å². The van der Waals surface area contributed by atoms with Crippen LogP contribution in [0.2, 0.25) is 5.02 Å². The van der Waals surface area contributed by atoms with Gasteiger partial charge in [-0.15, -0.1) is 0 Å². The minimum atomic E-state index is -3.72. The molecule has 0 spiro atoms. The van der Waals surface area contributed by atoms with Crippen LogP contribution in [0.5, 0.6) is 0 Å². The summed E-state index contributed by atoms with van der Waals surface area (Å²) in [5.41, 5.74) is -0.519. The predicted octanol–water partition coefficient (Wildman–Crippen LogP) is 1.31. The fraction of sp³-hybridized carbons (Fsp3) is 0.312. The van der Waals surface area contributed by atoms with Gasteiger partial charge in [-0.25, -0.2) is 13.2 Å². The van der Waals surface area contributed by atoms with Crippen molar-refractivity contribution in [1.82, 2.24) is 19.1 Å². The molecule has 1 aromatic carbocycles. The number of H-pyrrole nitrogens is 1. The molecule has 3 aromatic rings. The van der Waals surface area contributed by atoms with E-state index in [1.807, 2.05) is 0 Å². The van der Waals surface area contributed by atoms with Gasteiger partial charge in [-0.3, -0.25) is 14.3 Å². The van der Waals surface area contributed by atoms with Crippen LogP contribution in [0.25, 0.3) is 11.2 Å². The van der Waals surface area contributed by atoms with Crippen molar-refractivity contribution in [3.05, 3.63) is 55.7 Å². The first kappa shape index (κ1) is 18.4. The Morgan fingerprint density at radius 2 is 1.85 bits per heavy atom. The highest BCUT2D eigenvalue weighted by Gasteiger charge is 2.26. The van der Waals surface area contributed by atoms with Gasteiger partial charge in [0.1, 0.15) is 0 Å². The predicted molar refractivity (Wildman–Crippen MR) is 98.5 cm³/mol. The summed E-state index contributed by atoms with van der Waals surface area (Å²) in [5, 5.41) is 0.319. The summed E-state index contributed by atoms with van der Waals surface area (Å²) < 4.78 is 27.8. The molecule has 0 aliphatic rings. The number of nitrogens with zero attached hydrogens (tertiary/aromatic N) is 3. The molecule has 0 aliphatic heterocycles. The second-order valence-electron chi connectivity index (χ2n) is 5.92. The summed E-state index contributed by atoms with van der Waals surface area (Å²) in [7, 11) is -2.29. The molecule has 2 heterocycles. The van der Waals surface area contributed by atoms with E-state index in [9.17, 15) is 18.0 Å². The molecule has 0 bridgehead atoms. The molecule has 0 aliphatic carbocycles. The molecule has 0 radical (unpaired) electrons. The number of halogens is 1. The number of imidazole rings is 1. The minimum absolute atomic E-state index is 0.0300. The topological polar surface area (TPSA) is 107 Å². The van der Waals surface area contributed by atoms with E-state index >= 15 is 0 Å². The standard InChI is InChI=1S/C16H17ClN4O4S/c1-3-8-26(24,25)16-18-13-12(14(22)19-15(23)20(13)2)21(16)9-10-4-6-11(17)7-5-10/h4-7H,3,8-9H2,1-2H3,(H,19,22,23). The average molecular weight is 397 g/mol. The number of aryl methyl sites for hydroxylation is 1. The number of rotatable bonds is 5. The molecule has 26 heavy (non-hydrogen) atoms. The molecule has 3 rings (SSSR count). The van der Waals surface area contributed by atoms with Gasteiger partial charge in [0.2, 0.25) is 15.0 Å². The van der Waals surface area contributed by atoms with E-state index in [4.69, 9.17) is 11.6 Å². The third-order valence-corrected chi connectivity index (χ3v) is 6.04. The first-order valence-corrected chi connectivity index (χ1v) is 9.94. The highest BCUT2D eigenvalue weighted by atomic mass is 35.5. The molecular formula is C16H17ClN4O4S. The minimum Gasteiger partial charge on any atom is -0.304 e. The number of hydrogen-bond acceptors (Lipinski definition) is 5. The molecule has 0 unspecified atom stereocenters. The molecule has 0 saturated carbocycles. The second-order valence-corrected chi connectivity index (χ2v) is 8.36. The van der Waals surface area contributed by atoms with Crippen molar-refractivity contribution in [2.45, 2.75) is 25.0 Å². The van der Waals surface area contributed by atoms with Crippen LogP contribution in [0.4, 0.5) is 0 Å². The Morgan fingerprint density at radius 1 is 1.19 bits per heavy atom. The number of aromatic amines is 1. The fourth-order valence-corrected chi connectivity index (χ4v) is 4.29. The maximum absolute atomic E-state index is 12.7. The molecular weight excluding hydrogens is 380 g/mol. The summed E-state index contributed by atoms with van der Waals surface area (Å²) in [6, 6.07) is 6.83. The van der Waals surface area contributed by atoms with E-state index in [0.29, 0.717) is 11.4 Å². The first-order valence-electron chi connectivity index (χ1n) is 7.91. The largest absolute Gasteiger partial charge is 0.329 e. The van der Waals surface area contributed by atoms with Crippen LogP contribution in [0.15, 0.2) is 39.0 Å². The Labute approximate surface area is 154 Å². The highest BCUT2D eigenvalue weighted by molar-refractivity contribution is 7.91. The maximum atomic E-state index is 12.7. The molecule has 0 atom stereocenters. The molecule has 10 heteroatoms. The van der Waals surface area contributed by atoms with Gasteiger partial charge in [0.15, 0.2) is 11.2 Å². The Kier molecular flexibility index (Phi) is 4.76. The van der Waals surface area contributed by atoms with Crippen LogP contribution in [-0.4, -0.2) is 33.3 Å². The number of sulfone groups is 1. The maximum Gasteiger partial charge on any atom is 0.329 e. The van der Waals surface area contributed by atoms with E-state index in [-0.39, 0.29) is 28.6 Å². The Balaban J connectivity index is 2.33. The van der Waals surface area contributed by atoms with Gasteiger partial charge in [0, 0.05) is 12.1 Å².